The minimum atomic E-state index is -1.05. The Morgan fingerprint density at radius 3 is 2.67 bits per heavy atom. The van der Waals surface area contributed by atoms with Crippen molar-refractivity contribution in [1.29, 1.82) is 0 Å². The summed E-state index contributed by atoms with van der Waals surface area (Å²) in [6.07, 6.45) is 3.64. The first-order valence-electron chi connectivity index (χ1n) is 12.4. The Labute approximate surface area is 248 Å². The van der Waals surface area contributed by atoms with Gasteiger partial charge in [-0.3, -0.25) is 9.59 Å². The highest BCUT2D eigenvalue weighted by atomic mass is 79.9. The zero-order valence-corrected chi connectivity index (χ0v) is 24.7. The number of hydrogen-bond donors (Lipinski definition) is 2. The number of ether oxygens (including phenoxy) is 2. The Morgan fingerprint density at radius 1 is 1.15 bits per heavy atom. The number of carbonyl (C=O) groups is 4. The van der Waals surface area contributed by atoms with Crippen LogP contribution in [0.5, 0.6) is 5.75 Å². The lowest BCUT2D eigenvalue weighted by Crippen LogP contribution is -2.32. The summed E-state index contributed by atoms with van der Waals surface area (Å²) in [5.74, 6) is -2.63. The van der Waals surface area contributed by atoms with Crippen molar-refractivity contribution in [3.8, 4) is 5.75 Å². The van der Waals surface area contributed by atoms with Gasteiger partial charge in [0.15, 0.2) is 0 Å². The number of hydrogen-bond acceptors (Lipinski definition) is 8. The first kappa shape index (κ1) is 29.4. The number of carbonyl (C=O) groups excluding carboxylic acids is 4. The van der Waals surface area contributed by atoms with Crippen molar-refractivity contribution < 1.29 is 28.7 Å². The molecule has 2 aromatic carbocycles. The van der Waals surface area contributed by atoms with E-state index >= 15 is 0 Å². The Balaban J connectivity index is 1.46. The molecule has 2 N–H and O–H groups in total. The van der Waals surface area contributed by atoms with Gasteiger partial charge in [0.05, 0.1) is 29.0 Å². The fraction of sp³-hybridized carbons (Fsp3) is 0.250. The van der Waals surface area contributed by atoms with E-state index in [1.807, 2.05) is 0 Å². The number of anilines is 1. The molecule has 2 amide bonds. The Morgan fingerprint density at radius 2 is 1.93 bits per heavy atom. The number of amides is 2. The first-order chi connectivity index (χ1) is 19.2. The van der Waals surface area contributed by atoms with Crippen LogP contribution < -0.4 is 15.5 Å². The molecule has 9 nitrogen and oxygen atoms in total. The van der Waals surface area contributed by atoms with Crippen LogP contribution in [-0.4, -0.2) is 36.6 Å². The number of fused-ring (bicyclic) bond motifs is 1. The Hall–Kier alpha value is -3.54. The molecular formula is C28H25BrClN3O6S. The van der Waals surface area contributed by atoms with Gasteiger partial charge in [0.1, 0.15) is 10.8 Å². The second-order valence-corrected chi connectivity index (χ2v) is 11.4. The quantitative estimate of drug-likeness (QED) is 0.110. The standard InChI is InChI=1S/C28H25BrClN3O6S/c1-3-38-28(37)23-19-10-8-15(2)12-22(19)40-26(23)32-24(34)25(35)33-31-14-16-13-17(29)9-11-21(16)39-27(36)18-6-4-5-7-20(18)30/h4-7,9,11,13-15H,3,8,10,12H2,1-2H3,(H,32,34)(H,33,35). The van der Waals surface area contributed by atoms with Crippen molar-refractivity contribution in [2.75, 3.05) is 11.9 Å². The minimum Gasteiger partial charge on any atom is -0.462 e. The van der Waals surface area contributed by atoms with Gasteiger partial charge in [0, 0.05) is 14.9 Å². The second-order valence-electron chi connectivity index (χ2n) is 8.98. The zero-order valence-electron chi connectivity index (χ0n) is 21.6. The predicted octanol–water partition coefficient (Wildman–Crippen LogP) is 5.77. The van der Waals surface area contributed by atoms with E-state index in [2.05, 4.69) is 38.7 Å². The lowest BCUT2D eigenvalue weighted by molar-refractivity contribution is -0.136. The van der Waals surface area contributed by atoms with E-state index in [0.717, 1.165) is 23.3 Å². The van der Waals surface area contributed by atoms with Gasteiger partial charge in [0.2, 0.25) is 0 Å². The third kappa shape index (κ3) is 6.96. The molecule has 12 heteroatoms. The van der Waals surface area contributed by atoms with E-state index in [1.165, 1.54) is 23.6 Å². The molecule has 1 unspecified atom stereocenters. The molecule has 0 aliphatic heterocycles. The van der Waals surface area contributed by atoms with Gasteiger partial charge in [-0.1, -0.05) is 46.6 Å². The molecule has 0 fully saturated rings. The van der Waals surface area contributed by atoms with Crippen LogP contribution in [0.4, 0.5) is 5.00 Å². The van der Waals surface area contributed by atoms with Gasteiger partial charge >= 0.3 is 23.8 Å². The van der Waals surface area contributed by atoms with E-state index in [1.54, 1.807) is 43.3 Å². The van der Waals surface area contributed by atoms with Crippen molar-refractivity contribution in [3.63, 3.8) is 0 Å². The molecule has 0 saturated heterocycles. The number of rotatable bonds is 7. The van der Waals surface area contributed by atoms with E-state index in [9.17, 15) is 19.2 Å². The molecule has 4 rings (SSSR count). The number of halogens is 2. The average molecular weight is 647 g/mol. The summed E-state index contributed by atoms with van der Waals surface area (Å²) in [5.41, 5.74) is 3.87. The minimum absolute atomic E-state index is 0.160. The van der Waals surface area contributed by atoms with Crippen LogP contribution in [-0.2, 0) is 27.2 Å². The second kappa shape index (κ2) is 13.2. The highest BCUT2D eigenvalue weighted by Gasteiger charge is 2.30. The van der Waals surface area contributed by atoms with Crippen LogP contribution in [0, 0.1) is 5.92 Å². The van der Waals surface area contributed by atoms with Crippen molar-refractivity contribution in [3.05, 3.63) is 79.1 Å². The summed E-state index contributed by atoms with van der Waals surface area (Å²) in [5, 5.41) is 6.92. The van der Waals surface area contributed by atoms with Crippen LogP contribution in [0.2, 0.25) is 5.02 Å². The smallest absolute Gasteiger partial charge is 0.345 e. The zero-order chi connectivity index (χ0) is 28.8. The first-order valence-corrected chi connectivity index (χ1v) is 14.4. The molecule has 1 aliphatic rings. The van der Waals surface area contributed by atoms with Gasteiger partial charge in [-0.05, 0) is 68.0 Å². The number of nitrogens with one attached hydrogen (secondary N) is 2. The maximum Gasteiger partial charge on any atom is 0.345 e. The summed E-state index contributed by atoms with van der Waals surface area (Å²) in [7, 11) is 0. The fourth-order valence-electron chi connectivity index (χ4n) is 4.12. The number of hydrazone groups is 1. The molecular weight excluding hydrogens is 622 g/mol. The summed E-state index contributed by atoms with van der Waals surface area (Å²) in [4.78, 5) is 51.5. The van der Waals surface area contributed by atoms with Crippen LogP contribution >= 0.6 is 38.9 Å². The van der Waals surface area contributed by atoms with Gasteiger partial charge in [-0.15, -0.1) is 11.3 Å². The molecule has 208 valence electrons. The highest BCUT2D eigenvalue weighted by Crippen LogP contribution is 2.40. The predicted molar refractivity (Wildman–Crippen MR) is 156 cm³/mol. The van der Waals surface area contributed by atoms with Crippen molar-refractivity contribution in [2.24, 2.45) is 11.0 Å². The monoisotopic (exact) mass is 645 g/mol. The third-order valence-corrected chi connectivity index (χ3v) is 8.06. The van der Waals surface area contributed by atoms with E-state index in [4.69, 9.17) is 21.1 Å². The SMILES string of the molecule is CCOC(=O)c1c(NC(=O)C(=O)NN=Cc2cc(Br)ccc2OC(=O)c2ccccc2Cl)sc2c1CCC(C)C2. The van der Waals surface area contributed by atoms with Crippen molar-refractivity contribution in [1.82, 2.24) is 5.43 Å². The van der Waals surface area contributed by atoms with Gasteiger partial charge < -0.3 is 14.8 Å². The Bertz CT molecular complexity index is 1510. The molecule has 1 aromatic heterocycles. The normalized spacial score (nSPS) is 14.3. The van der Waals surface area contributed by atoms with Crippen LogP contribution in [0.3, 0.4) is 0 Å². The average Bonchev–Trinajstić information content (AvgIpc) is 3.27. The van der Waals surface area contributed by atoms with Crippen LogP contribution in [0.25, 0.3) is 0 Å². The van der Waals surface area contributed by atoms with Gasteiger partial charge in [-0.2, -0.15) is 5.10 Å². The third-order valence-electron chi connectivity index (χ3n) is 6.06. The molecule has 1 atom stereocenters. The molecule has 0 radical (unpaired) electrons. The molecule has 40 heavy (non-hydrogen) atoms. The largest absolute Gasteiger partial charge is 0.462 e. The highest BCUT2D eigenvalue weighted by molar-refractivity contribution is 9.10. The fourth-order valence-corrected chi connectivity index (χ4v) is 6.11. The summed E-state index contributed by atoms with van der Waals surface area (Å²) < 4.78 is 11.4. The maximum absolute atomic E-state index is 12.7. The Kier molecular flexibility index (Phi) is 9.72. The summed E-state index contributed by atoms with van der Waals surface area (Å²) in [6.45, 7) is 4.02. The van der Waals surface area contributed by atoms with Gasteiger partial charge in [-0.25, -0.2) is 15.0 Å². The van der Waals surface area contributed by atoms with Gasteiger partial charge in [0.25, 0.3) is 0 Å². The molecule has 3 aromatic rings. The molecule has 1 heterocycles. The van der Waals surface area contributed by atoms with E-state index < -0.39 is 23.8 Å². The van der Waals surface area contributed by atoms with E-state index in [-0.39, 0.29) is 27.9 Å². The van der Waals surface area contributed by atoms with Crippen molar-refractivity contribution in [2.45, 2.75) is 33.1 Å². The summed E-state index contributed by atoms with van der Waals surface area (Å²) in [6, 6.07) is 11.3. The summed E-state index contributed by atoms with van der Waals surface area (Å²) >= 11 is 10.7. The maximum atomic E-state index is 12.7. The lowest BCUT2D eigenvalue weighted by atomic mass is 9.88. The number of esters is 2. The van der Waals surface area contributed by atoms with Crippen LogP contribution in [0.15, 0.2) is 52.0 Å². The molecule has 0 saturated carbocycles. The molecule has 0 bridgehead atoms. The van der Waals surface area contributed by atoms with Crippen molar-refractivity contribution >= 4 is 73.8 Å². The van der Waals surface area contributed by atoms with E-state index in [0.29, 0.717) is 27.9 Å². The molecule has 1 aliphatic carbocycles. The van der Waals surface area contributed by atoms with Crippen LogP contribution in [0.1, 0.15) is 57.0 Å². The topological polar surface area (TPSA) is 123 Å². The number of nitrogens with zero attached hydrogens (tertiary/aromatic N) is 1. The molecule has 0 spiro atoms. The lowest BCUT2D eigenvalue weighted by Gasteiger charge is -2.18. The number of benzene rings is 2. The number of thiophene rings is 1.